The lowest BCUT2D eigenvalue weighted by molar-refractivity contribution is -0.159. The first kappa shape index (κ1) is 24.4. The topological polar surface area (TPSA) is 92.8 Å². The first-order chi connectivity index (χ1) is 16.6. The third-order valence-electron chi connectivity index (χ3n) is 6.27. The summed E-state index contributed by atoms with van der Waals surface area (Å²) in [7, 11) is 0. The normalized spacial score (nSPS) is 20.8. The quantitative estimate of drug-likeness (QED) is 0.488. The number of benzene rings is 2. The molecule has 35 heavy (non-hydrogen) atoms. The smallest absolute Gasteiger partial charge is 0.416 e. The van der Waals surface area contributed by atoms with Crippen molar-refractivity contribution < 1.29 is 37.1 Å². The molecule has 10 heteroatoms. The molecule has 184 valence electrons. The van der Waals surface area contributed by atoms with E-state index in [0.29, 0.717) is 12.8 Å². The number of hydrogen-bond acceptors (Lipinski definition) is 5. The number of anilines is 1. The highest BCUT2D eigenvalue weighted by Gasteiger charge is 2.49. The van der Waals surface area contributed by atoms with Crippen molar-refractivity contribution in [3.05, 3.63) is 65.7 Å². The Hall–Kier alpha value is -3.69. The Kier molecular flexibility index (Phi) is 6.90. The molecule has 2 aliphatic rings. The maximum absolute atomic E-state index is 13.0. The fraction of sp³-hybridized carbons (Fsp3) is 0.360. The van der Waals surface area contributed by atoms with E-state index in [-0.39, 0.29) is 11.3 Å². The lowest BCUT2D eigenvalue weighted by atomic mass is 9.81. The van der Waals surface area contributed by atoms with Gasteiger partial charge in [-0.3, -0.25) is 24.1 Å². The highest BCUT2D eigenvalue weighted by molar-refractivity contribution is 6.07. The Morgan fingerprint density at radius 1 is 0.971 bits per heavy atom. The molecule has 3 amide bonds. The summed E-state index contributed by atoms with van der Waals surface area (Å²) < 4.78 is 44.4. The van der Waals surface area contributed by atoms with E-state index in [1.165, 1.54) is 18.2 Å². The van der Waals surface area contributed by atoms with Gasteiger partial charge in [-0.05, 0) is 31.0 Å². The van der Waals surface area contributed by atoms with Gasteiger partial charge in [0.15, 0.2) is 0 Å². The van der Waals surface area contributed by atoms with Gasteiger partial charge in [-0.25, -0.2) is 0 Å². The van der Waals surface area contributed by atoms with Crippen LogP contribution in [0, 0.1) is 11.8 Å². The Bertz CT molecular complexity index is 1110. The van der Waals surface area contributed by atoms with Crippen LogP contribution in [0.3, 0.4) is 0 Å². The molecule has 2 aromatic rings. The number of carbonyl (C=O) groups is 4. The summed E-state index contributed by atoms with van der Waals surface area (Å²) in [6, 6.07) is 12.0. The highest BCUT2D eigenvalue weighted by Crippen LogP contribution is 2.38. The summed E-state index contributed by atoms with van der Waals surface area (Å²) in [4.78, 5) is 51.9. The van der Waals surface area contributed by atoms with Crippen LogP contribution in [0.15, 0.2) is 54.6 Å². The SMILES string of the molecule is O=C(CN1C(=O)C2CCCCC2C1=O)OC(C(=O)Nc1cccc(C(F)(F)F)c1)c1ccccc1. The number of alkyl halides is 3. The van der Waals surface area contributed by atoms with Crippen molar-refractivity contribution in [2.24, 2.45) is 11.8 Å². The maximum Gasteiger partial charge on any atom is 0.416 e. The number of halogens is 3. The molecule has 2 aromatic carbocycles. The monoisotopic (exact) mass is 488 g/mol. The average Bonchev–Trinajstić information content (AvgIpc) is 3.07. The Labute approximate surface area is 199 Å². The number of nitrogens with zero attached hydrogens (tertiary/aromatic N) is 1. The molecule has 0 aromatic heterocycles. The predicted molar refractivity (Wildman–Crippen MR) is 118 cm³/mol. The van der Waals surface area contributed by atoms with Crippen molar-refractivity contribution in [3.63, 3.8) is 0 Å². The summed E-state index contributed by atoms with van der Waals surface area (Å²) in [5, 5.41) is 2.35. The number of carbonyl (C=O) groups excluding carboxylic acids is 4. The molecule has 3 unspecified atom stereocenters. The molecule has 7 nitrogen and oxygen atoms in total. The standard InChI is InChI=1S/C25H23F3N2O5/c26-25(27,28)16-9-6-10-17(13-16)29-22(32)21(15-7-2-1-3-8-15)35-20(31)14-30-23(33)18-11-4-5-12-19(18)24(30)34/h1-3,6-10,13,18-19,21H,4-5,11-12,14H2,(H,29,32). The number of amides is 3. The Morgan fingerprint density at radius 3 is 2.20 bits per heavy atom. The summed E-state index contributed by atoms with van der Waals surface area (Å²) in [6.07, 6.45) is -3.25. The fourth-order valence-corrected chi connectivity index (χ4v) is 4.57. The third kappa shape index (κ3) is 5.36. The minimum atomic E-state index is -4.60. The second-order valence-corrected chi connectivity index (χ2v) is 8.61. The van der Waals surface area contributed by atoms with E-state index in [4.69, 9.17) is 4.74 Å². The lowest BCUT2D eigenvalue weighted by Gasteiger charge is -2.20. The van der Waals surface area contributed by atoms with Gasteiger partial charge in [-0.15, -0.1) is 0 Å². The molecule has 2 fully saturated rings. The van der Waals surface area contributed by atoms with Crippen molar-refractivity contribution in [3.8, 4) is 0 Å². The van der Waals surface area contributed by atoms with Crippen molar-refractivity contribution in [1.82, 2.24) is 4.90 Å². The van der Waals surface area contributed by atoms with Gasteiger partial charge < -0.3 is 10.1 Å². The molecule has 1 aliphatic heterocycles. The average molecular weight is 488 g/mol. The van der Waals surface area contributed by atoms with E-state index >= 15 is 0 Å². The van der Waals surface area contributed by atoms with E-state index in [1.807, 2.05) is 0 Å². The van der Waals surface area contributed by atoms with E-state index in [1.54, 1.807) is 18.2 Å². The van der Waals surface area contributed by atoms with Gasteiger partial charge in [0.2, 0.25) is 17.9 Å². The van der Waals surface area contributed by atoms with E-state index < -0.39 is 59.9 Å². The zero-order chi connectivity index (χ0) is 25.2. The van der Waals surface area contributed by atoms with Crippen molar-refractivity contribution in [2.45, 2.75) is 38.0 Å². The number of esters is 1. The number of hydrogen-bond donors (Lipinski definition) is 1. The van der Waals surface area contributed by atoms with E-state index in [0.717, 1.165) is 35.9 Å². The molecular formula is C25H23F3N2O5. The van der Waals surface area contributed by atoms with Gasteiger partial charge in [0.1, 0.15) is 6.54 Å². The summed E-state index contributed by atoms with van der Waals surface area (Å²) in [5.41, 5.74) is -0.801. The molecule has 1 saturated heterocycles. The van der Waals surface area contributed by atoms with Crippen LogP contribution in [-0.4, -0.2) is 35.1 Å². The predicted octanol–water partition coefficient (Wildman–Crippen LogP) is 4.10. The molecule has 1 heterocycles. The molecule has 1 N–H and O–H groups in total. The van der Waals surface area contributed by atoms with Gasteiger partial charge in [0, 0.05) is 11.3 Å². The lowest BCUT2D eigenvalue weighted by Crippen LogP contribution is -2.38. The van der Waals surface area contributed by atoms with Crippen molar-refractivity contribution >= 4 is 29.4 Å². The first-order valence-corrected chi connectivity index (χ1v) is 11.2. The zero-order valence-electron chi connectivity index (χ0n) is 18.6. The van der Waals surface area contributed by atoms with Gasteiger partial charge >= 0.3 is 12.1 Å². The molecule has 1 aliphatic carbocycles. The van der Waals surface area contributed by atoms with Crippen LogP contribution in [0.2, 0.25) is 0 Å². The van der Waals surface area contributed by atoms with Crippen LogP contribution in [-0.2, 0) is 30.1 Å². The molecule has 0 bridgehead atoms. The van der Waals surface area contributed by atoms with Crippen molar-refractivity contribution in [2.75, 3.05) is 11.9 Å². The second kappa shape index (κ2) is 9.89. The molecule has 0 spiro atoms. The number of likely N-dealkylation sites (tertiary alicyclic amines) is 1. The third-order valence-corrected chi connectivity index (χ3v) is 6.27. The van der Waals surface area contributed by atoms with Crippen LogP contribution in [0.5, 0.6) is 0 Å². The number of rotatable bonds is 6. The summed E-state index contributed by atoms with van der Waals surface area (Å²) >= 11 is 0. The van der Waals surface area contributed by atoms with Crippen LogP contribution in [0.1, 0.15) is 42.9 Å². The molecule has 4 rings (SSSR count). The number of fused-ring (bicyclic) bond motifs is 1. The summed E-state index contributed by atoms with van der Waals surface area (Å²) in [5.74, 6) is -3.55. The van der Waals surface area contributed by atoms with Gasteiger partial charge in [-0.1, -0.05) is 49.2 Å². The van der Waals surface area contributed by atoms with E-state index in [9.17, 15) is 32.3 Å². The maximum atomic E-state index is 13.0. The van der Waals surface area contributed by atoms with Gasteiger partial charge in [-0.2, -0.15) is 13.2 Å². The molecular weight excluding hydrogens is 465 g/mol. The van der Waals surface area contributed by atoms with Gasteiger partial charge in [0.05, 0.1) is 17.4 Å². The van der Waals surface area contributed by atoms with Crippen LogP contribution < -0.4 is 5.32 Å². The number of nitrogens with one attached hydrogen (secondary N) is 1. The number of imide groups is 1. The minimum Gasteiger partial charge on any atom is -0.446 e. The fourth-order valence-electron chi connectivity index (χ4n) is 4.57. The number of ether oxygens (including phenoxy) is 1. The largest absolute Gasteiger partial charge is 0.446 e. The second-order valence-electron chi connectivity index (χ2n) is 8.61. The minimum absolute atomic E-state index is 0.129. The van der Waals surface area contributed by atoms with Crippen LogP contribution >= 0.6 is 0 Å². The Balaban J connectivity index is 1.50. The van der Waals surface area contributed by atoms with E-state index in [2.05, 4.69) is 5.32 Å². The molecule has 0 radical (unpaired) electrons. The Morgan fingerprint density at radius 2 is 1.60 bits per heavy atom. The molecule has 3 atom stereocenters. The van der Waals surface area contributed by atoms with Crippen LogP contribution in [0.25, 0.3) is 0 Å². The molecule has 1 saturated carbocycles. The zero-order valence-corrected chi connectivity index (χ0v) is 18.6. The summed E-state index contributed by atoms with van der Waals surface area (Å²) in [6.45, 7) is -0.634. The van der Waals surface area contributed by atoms with Crippen LogP contribution in [0.4, 0.5) is 18.9 Å². The van der Waals surface area contributed by atoms with Gasteiger partial charge in [0.25, 0.3) is 5.91 Å². The highest BCUT2D eigenvalue weighted by atomic mass is 19.4. The first-order valence-electron chi connectivity index (χ1n) is 11.2. The van der Waals surface area contributed by atoms with Crippen molar-refractivity contribution in [1.29, 1.82) is 0 Å².